The molecule has 7 heteroatoms. The van der Waals surface area contributed by atoms with E-state index in [1.54, 1.807) is 18.2 Å². The summed E-state index contributed by atoms with van der Waals surface area (Å²) in [6.07, 6.45) is 1.92. The van der Waals surface area contributed by atoms with Gasteiger partial charge < -0.3 is 14.9 Å². The van der Waals surface area contributed by atoms with Crippen LogP contribution in [0.3, 0.4) is 0 Å². The molecule has 0 saturated heterocycles. The van der Waals surface area contributed by atoms with E-state index < -0.39 is 5.97 Å². The summed E-state index contributed by atoms with van der Waals surface area (Å²) in [5, 5.41) is 15.7. The predicted octanol–water partition coefficient (Wildman–Crippen LogP) is 2.18. The summed E-state index contributed by atoms with van der Waals surface area (Å²) < 4.78 is 5.16. The largest absolute Gasteiger partial charge is 0.478 e. The molecule has 0 aliphatic heterocycles. The van der Waals surface area contributed by atoms with Crippen LogP contribution < -0.4 is 5.32 Å². The number of anilines is 1. The minimum atomic E-state index is -0.958. The van der Waals surface area contributed by atoms with E-state index in [1.165, 1.54) is 6.39 Å². The average molecular weight is 312 g/mol. The Kier molecular flexibility index (Phi) is 3.93. The van der Waals surface area contributed by atoms with E-state index in [4.69, 9.17) is 5.11 Å². The van der Waals surface area contributed by atoms with Crippen molar-refractivity contribution in [1.82, 2.24) is 10.1 Å². The molecule has 2 N–H and O–H groups in total. The maximum absolute atomic E-state index is 10.8. The molecule has 0 aliphatic carbocycles. The maximum atomic E-state index is 10.8. The molecule has 2 aromatic rings. The van der Waals surface area contributed by atoms with Crippen molar-refractivity contribution in [2.75, 3.05) is 11.9 Å². The van der Waals surface area contributed by atoms with Crippen molar-refractivity contribution < 1.29 is 14.4 Å². The Balaban J connectivity index is 1.94. The Morgan fingerprint density at radius 2 is 2.33 bits per heavy atom. The number of carbonyl (C=O) groups is 1. The minimum absolute atomic E-state index is 0.235. The Morgan fingerprint density at radius 3 is 2.94 bits per heavy atom. The van der Waals surface area contributed by atoms with Crippen LogP contribution in [0.5, 0.6) is 0 Å². The van der Waals surface area contributed by atoms with Crippen LogP contribution in [0.25, 0.3) is 0 Å². The van der Waals surface area contributed by atoms with E-state index in [0.717, 1.165) is 5.69 Å². The molecule has 1 aromatic carbocycles. The van der Waals surface area contributed by atoms with Crippen molar-refractivity contribution in [3.63, 3.8) is 0 Å². The molecule has 0 unspecified atom stereocenters. The molecule has 1 heterocycles. The van der Waals surface area contributed by atoms with Gasteiger partial charge in [-0.1, -0.05) is 5.16 Å². The number of carboxylic acids is 1. The lowest BCUT2D eigenvalue weighted by Gasteiger charge is -2.06. The van der Waals surface area contributed by atoms with E-state index in [2.05, 4.69) is 35.9 Å². The lowest BCUT2D eigenvalue weighted by molar-refractivity contribution is 0.0696. The van der Waals surface area contributed by atoms with Gasteiger partial charge in [0.15, 0.2) is 5.82 Å². The number of nitrogens with zero attached hydrogens (tertiary/aromatic N) is 2. The summed E-state index contributed by atoms with van der Waals surface area (Å²) in [4.78, 5) is 14.7. The normalized spacial score (nSPS) is 10.3. The van der Waals surface area contributed by atoms with Gasteiger partial charge in [-0.2, -0.15) is 4.98 Å². The molecule has 0 amide bonds. The van der Waals surface area contributed by atoms with Gasteiger partial charge >= 0.3 is 5.97 Å². The topological polar surface area (TPSA) is 88.2 Å². The third-order valence-electron chi connectivity index (χ3n) is 2.28. The Bertz CT molecular complexity index is 542. The molecule has 18 heavy (non-hydrogen) atoms. The second-order valence-corrected chi connectivity index (χ2v) is 4.38. The monoisotopic (exact) mass is 311 g/mol. The van der Waals surface area contributed by atoms with Gasteiger partial charge in [-0.15, -0.1) is 0 Å². The number of rotatable bonds is 5. The number of aromatic nitrogens is 2. The molecule has 1 aromatic heterocycles. The Hall–Kier alpha value is -1.89. The van der Waals surface area contributed by atoms with Gasteiger partial charge in [0.05, 0.1) is 5.56 Å². The number of nitrogens with one attached hydrogen (secondary N) is 1. The molecule has 2 rings (SSSR count). The molecule has 0 atom stereocenters. The van der Waals surface area contributed by atoms with Crippen molar-refractivity contribution in [3.05, 3.63) is 40.5 Å². The number of halogens is 1. The Morgan fingerprint density at radius 1 is 1.50 bits per heavy atom. The second-order valence-electron chi connectivity index (χ2n) is 3.52. The quantitative estimate of drug-likeness (QED) is 0.880. The highest BCUT2D eigenvalue weighted by Crippen LogP contribution is 2.21. The van der Waals surface area contributed by atoms with E-state index in [0.29, 0.717) is 23.3 Å². The maximum Gasteiger partial charge on any atom is 0.336 e. The summed E-state index contributed by atoms with van der Waals surface area (Å²) in [6.45, 7) is 0.637. The van der Waals surface area contributed by atoms with Gasteiger partial charge in [-0.3, -0.25) is 0 Å². The van der Waals surface area contributed by atoms with Crippen molar-refractivity contribution in [1.29, 1.82) is 0 Å². The van der Waals surface area contributed by atoms with Crippen LogP contribution in [0.15, 0.2) is 33.6 Å². The lowest BCUT2D eigenvalue weighted by atomic mass is 10.2. The molecule has 6 nitrogen and oxygen atoms in total. The minimum Gasteiger partial charge on any atom is -0.478 e. The van der Waals surface area contributed by atoms with Crippen LogP contribution in [0.2, 0.25) is 0 Å². The zero-order chi connectivity index (χ0) is 13.0. The summed E-state index contributed by atoms with van der Waals surface area (Å²) in [5.74, 6) is -0.330. The van der Waals surface area contributed by atoms with Crippen LogP contribution in [-0.2, 0) is 6.42 Å². The molecule has 0 saturated carbocycles. The smallest absolute Gasteiger partial charge is 0.336 e. The van der Waals surface area contributed by atoms with Crippen LogP contribution in [0.4, 0.5) is 5.69 Å². The molecule has 0 aliphatic rings. The third kappa shape index (κ3) is 3.07. The Labute approximate surface area is 111 Å². The van der Waals surface area contributed by atoms with E-state index in [9.17, 15) is 4.79 Å². The fourth-order valence-electron chi connectivity index (χ4n) is 1.42. The molecule has 0 radical (unpaired) electrons. The fourth-order valence-corrected chi connectivity index (χ4v) is 1.97. The summed E-state index contributed by atoms with van der Waals surface area (Å²) >= 11 is 3.22. The third-order valence-corrected chi connectivity index (χ3v) is 2.94. The first-order valence-corrected chi connectivity index (χ1v) is 5.98. The van der Waals surface area contributed by atoms with E-state index >= 15 is 0 Å². The zero-order valence-electron chi connectivity index (χ0n) is 9.26. The standard InChI is InChI=1S/C11H10BrN3O3/c12-9-5-7(1-2-8(9)11(16)17)13-4-3-10-14-6-18-15-10/h1-2,5-6,13H,3-4H2,(H,16,17). The lowest BCUT2D eigenvalue weighted by Crippen LogP contribution is -2.06. The highest BCUT2D eigenvalue weighted by Gasteiger charge is 2.08. The predicted molar refractivity (Wildman–Crippen MR) is 67.6 cm³/mol. The van der Waals surface area contributed by atoms with Crippen molar-refractivity contribution in [2.24, 2.45) is 0 Å². The fraction of sp³-hybridized carbons (Fsp3) is 0.182. The van der Waals surface area contributed by atoms with Gasteiger partial charge in [-0.05, 0) is 34.1 Å². The summed E-state index contributed by atoms with van der Waals surface area (Å²) in [7, 11) is 0. The average Bonchev–Trinajstić information content (AvgIpc) is 2.81. The van der Waals surface area contributed by atoms with Gasteiger partial charge in [0.1, 0.15) is 0 Å². The van der Waals surface area contributed by atoms with E-state index in [-0.39, 0.29) is 5.56 Å². The van der Waals surface area contributed by atoms with Crippen LogP contribution in [0.1, 0.15) is 16.2 Å². The highest BCUT2D eigenvalue weighted by atomic mass is 79.9. The highest BCUT2D eigenvalue weighted by molar-refractivity contribution is 9.10. The first-order valence-electron chi connectivity index (χ1n) is 5.19. The summed E-state index contributed by atoms with van der Waals surface area (Å²) in [5.41, 5.74) is 1.06. The van der Waals surface area contributed by atoms with Crippen LogP contribution >= 0.6 is 15.9 Å². The van der Waals surface area contributed by atoms with Gasteiger partial charge in [0, 0.05) is 23.1 Å². The SMILES string of the molecule is O=C(O)c1ccc(NCCc2ncon2)cc1Br. The molecule has 94 valence electrons. The first-order chi connectivity index (χ1) is 8.66. The number of hydrogen-bond acceptors (Lipinski definition) is 5. The molecular formula is C11H10BrN3O3. The number of carboxylic acid groups (broad SMARTS) is 1. The van der Waals surface area contributed by atoms with Crippen molar-refractivity contribution in [3.8, 4) is 0 Å². The zero-order valence-corrected chi connectivity index (χ0v) is 10.8. The molecule has 0 fully saturated rings. The number of hydrogen-bond donors (Lipinski definition) is 2. The van der Waals surface area contributed by atoms with Gasteiger partial charge in [-0.25, -0.2) is 4.79 Å². The first kappa shape index (κ1) is 12.6. The molecule has 0 spiro atoms. The van der Waals surface area contributed by atoms with Crippen molar-refractivity contribution in [2.45, 2.75) is 6.42 Å². The number of aromatic carboxylic acids is 1. The van der Waals surface area contributed by atoms with Gasteiger partial charge in [0.2, 0.25) is 6.39 Å². The molecular weight excluding hydrogens is 302 g/mol. The van der Waals surface area contributed by atoms with Gasteiger partial charge in [0.25, 0.3) is 0 Å². The molecule has 0 bridgehead atoms. The number of benzene rings is 1. The van der Waals surface area contributed by atoms with E-state index in [1.807, 2.05) is 0 Å². The van der Waals surface area contributed by atoms with Crippen LogP contribution in [0, 0.1) is 0 Å². The van der Waals surface area contributed by atoms with Crippen molar-refractivity contribution >= 4 is 27.6 Å². The second kappa shape index (κ2) is 5.63. The van der Waals surface area contributed by atoms with Crippen LogP contribution in [-0.4, -0.2) is 27.8 Å². The summed E-state index contributed by atoms with van der Waals surface area (Å²) in [6, 6.07) is 4.98.